The van der Waals surface area contributed by atoms with Crippen molar-refractivity contribution >= 4 is 17.8 Å². The molecule has 5 heteroatoms. The molecule has 3 nitrogen and oxygen atoms in total. The van der Waals surface area contributed by atoms with Crippen LogP contribution >= 0.6 is 7.60 Å². The van der Waals surface area contributed by atoms with Crippen LogP contribution in [-0.2, 0) is 4.57 Å². The van der Waals surface area contributed by atoms with Crippen molar-refractivity contribution in [3.05, 3.63) is 0 Å². The van der Waals surface area contributed by atoms with Crippen LogP contribution in [0.2, 0.25) is 0 Å². The molecule has 6 heavy (non-hydrogen) atoms. The van der Waals surface area contributed by atoms with Crippen molar-refractivity contribution < 1.29 is 14.4 Å². The van der Waals surface area contributed by atoms with Gasteiger partial charge in [0.15, 0.2) is 0 Å². The zero-order chi connectivity index (χ0) is 5.21. The number of hydrogen-bond donors (Lipinski definition) is 2. The van der Waals surface area contributed by atoms with E-state index in [0.717, 1.165) is 0 Å². The van der Waals surface area contributed by atoms with Crippen LogP contribution in [0.5, 0.6) is 0 Å². The predicted octanol–water partition coefficient (Wildman–Crippen LogP) is -1.51. The van der Waals surface area contributed by atoms with Gasteiger partial charge in [-0.3, -0.25) is 4.57 Å². The first-order valence-electron chi connectivity index (χ1n) is 1.61. The Hall–Kier alpha value is 0.367. The monoisotopic (exact) mass is 126 g/mol. The maximum Gasteiger partial charge on any atom is 0.321 e. The lowest BCUT2D eigenvalue weighted by molar-refractivity contribution is 0.379. The Bertz CT molecular complexity index is 74.9. The molecule has 0 saturated carbocycles. The second kappa shape index (κ2) is 1.89. The zero-order valence-corrected chi connectivity index (χ0v) is 6.35. The second-order valence-electron chi connectivity index (χ2n) is 0.981. The first-order chi connectivity index (χ1) is 2.56. The highest BCUT2D eigenvalue weighted by Gasteiger charge is 2.05. The molecular formula is CH7O3PSi. The highest BCUT2D eigenvalue weighted by atomic mass is 31.2. The van der Waals surface area contributed by atoms with Gasteiger partial charge in [-0.15, -0.1) is 0 Å². The summed E-state index contributed by atoms with van der Waals surface area (Å²) in [6.07, 6.45) is 0. The van der Waals surface area contributed by atoms with Crippen LogP contribution in [0.4, 0.5) is 0 Å². The maximum absolute atomic E-state index is 9.73. The van der Waals surface area contributed by atoms with Gasteiger partial charge in [0.1, 0.15) is 0 Å². The average Bonchev–Trinajstić information content (AvgIpc) is 1.35. The Morgan fingerprint density at radius 1 is 1.67 bits per heavy atom. The van der Waals surface area contributed by atoms with Crippen molar-refractivity contribution in [2.24, 2.45) is 0 Å². The fourth-order valence-corrected chi connectivity index (χ4v) is 0. The lowest BCUT2D eigenvalue weighted by atomic mass is 11.9. The summed E-state index contributed by atoms with van der Waals surface area (Å²) in [5.41, 5.74) is 0. The Balaban J connectivity index is 3.48. The summed E-state index contributed by atoms with van der Waals surface area (Å²) in [5, 5.41) is 0. The van der Waals surface area contributed by atoms with E-state index in [1.807, 2.05) is 0 Å². The van der Waals surface area contributed by atoms with Gasteiger partial charge in [0.2, 0.25) is 0 Å². The van der Waals surface area contributed by atoms with Crippen LogP contribution in [-0.4, -0.2) is 25.8 Å². The molecule has 0 radical (unpaired) electrons. The van der Waals surface area contributed by atoms with Gasteiger partial charge in [-0.25, -0.2) is 0 Å². The van der Waals surface area contributed by atoms with Crippen LogP contribution in [0.1, 0.15) is 0 Å². The third-order valence-electron chi connectivity index (χ3n) is 0.412. The van der Waals surface area contributed by atoms with Gasteiger partial charge in [0, 0.05) is 16.0 Å². The summed E-state index contributed by atoms with van der Waals surface area (Å²) in [6.45, 7) is 0. The first-order valence-corrected chi connectivity index (χ1v) is 4.82. The molecule has 0 aliphatic rings. The first kappa shape index (κ1) is 6.37. The molecule has 0 heterocycles. The molecule has 0 saturated heterocycles. The molecule has 0 aromatic carbocycles. The molecule has 0 aromatic heterocycles. The maximum atomic E-state index is 9.73. The predicted molar refractivity (Wildman–Crippen MR) is 26.9 cm³/mol. The molecule has 2 N–H and O–H groups in total. The van der Waals surface area contributed by atoms with Crippen molar-refractivity contribution in [1.82, 2.24) is 0 Å². The van der Waals surface area contributed by atoms with E-state index >= 15 is 0 Å². The van der Waals surface area contributed by atoms with Gasteiger partial charge in [-0.05, 0) is 0 Å². The Morgan fingerprint density at radius 3 is 1.83 bits per heavy atom. The topological polar surface area (TPSA) is 57.5 Å². The summed E-state index contributed by atoms with van der Waals surface area (Å²) >= 11 is 0. The average molecular weight is 126 g/mol. The third-order valence-corrected chi connectivity index (χ3v) is 3.71. The molecule has 0 amide bonds. The summed E-state index contributed by atoms with van der Waals surface area (Å²) in [5.74, 6) is 0.0764. The minimum absolute atomic E-state index is 0.0764. The number of rotatable bonds is 1. The van der Waals surface area contributed by atoms with E-state index in [4.69, 9.17) is 9.79 Å². The van der Waals surface area contributed by atoms with Gasteiger partial charge in [0.05, 0.1) is 0 Å². The van der Waals surface area contributed by atoms with Crippen molar-refractivity contribution in [3.63, 3.8) is 0 Å². The summed E-state index contributed by atoms with van der Waals surface area (Å²) in [6, 6.07) is 0. The van der Waals surface area contributed by atoms with E-state index in [1.54, 1.807) is 0 Å². The van der Waals surface area contributed by atoms with Gasteiger partial charge in [-0.1, -0.05) is 0 Å². The molecule has 0 aliphatic heterocycles. The molecule has 0 fully saturated rings. The van der Waals surface area contributed by atoms with Gasteiger partial charge in [0.25, 0.3) is 0 Å². The standard InChI is InChI=1S/CH7O3PSi/c2-5(3,4)1-6/h1H2,6H3,(H2,2,3,4). The molecule has 38 valence electrons. The molecule has 0 aliphatic carbocycles. The van der Waals surface area contributed by atoms with Crippen molar-refractivity contribution in [2.75, 3.05) is 5.79 Å². The summed E-state index contributed by atoms with van der Waals surface area (Å²) in [7, 11) is -3.00. The largest absolute Gasteiger partial charge is 0.325 e. The van der Waals surface area contributed by atoms with Crippen LogP contribution in [0.25, 0.3) is 0 Å². The van der Waals surface area contributed by atoms with Crippen molar-refractivity contribution in [3.8, 4) is 0 Å². The van der Waals surface area contributed by atoms with E-state index in [0.29, 0.717) is 10.2 Å². The van der Waals surface area contributed by atoms with Crippen molar-refractivity contribution in [1.29, 1.82) is 0 Å². The van der Waals surface area contributed by atoms with Gasteiger partial charge >= 0.3 is 7.60 Å². The van der Waals surface area contributed by atoms with Crippen LogP contribution < -0.4 is 0 Å². The van der Waals surface area contributed by atoms with E-state index in [1.165, 1.54) is 0 Å². The van der Waals surface area contributed by atoms with E-state index in [2.05, 4.69) is 0 Å². The van der Waals surface area contributed by atoms with Crippen LogP contribution in [0.3, 0.4) is 0 Å². The minimum atomic E-state index is -3.58. The molecule has 0 aromatic rings. The summed E-state index contributed by atoms with van der Waals surface area (Å²) in [4.78, 5) is 15.9. The lowest BCUT2D eigenvalue weighted by Crippen LogP contribution is -1.82. The quantitative estimate of drug-likeness (QED) is 0.331. The Kier molecular flexibility index (Phi) is 2.00. The Morgan fingerprint density at radius 2 is 1.83 bits per heavy atom. The van der Waals surface area contributed by atoms with Gasteiger partial charge < -0.3 is 9.79 Å². The van der Waals surface area contributed by atoms with Crippen LogP contribution in [0.15, 0.2) is 0 Å². The van der Waals surface area contributed by atoms with E-state index in [9.17, 15) is 4.57 Å². The smallest absolute Gasteiger partial charge is 0.321 e. The minimum Gasteiger partial charge on any atom is -0.325 e. The zero-order valence-electron chi connectivity index (χ0n) is 3.46. The third kappa shape index (κ3) is 4.37. The number of hydrogen-bond acceptors (Lipinski definition) is 1. The fourth-order valence-electron chi connectivity index (χ4n) is 0. The van der Waals surface area contributed by atoms with E-state index in [-0.39, 0.29) is 5.79 Å². The molecule has 0 rings (SSSR count). The van der Waals surface area contributed by atoms with E-state index < -0.39 is 7.60 Å². The molecule has 0 bridgehead atoms. The SMILES string of the molecule is O=P(O)(O)C[SiH3]. The van der Waals surface area contributed by atoms with Gasteiger partial charge in [-0.2, -0.15) is 0 Å². The van der Waals surface area contributed by atoms with Crippen molar-refractivity contribution in [2.45, 2.75) is 0 Å². The molecule has 0 unspecified atom stereocenters. The summed E-state index contributed by atoms with van der Waals surface area (Å²) < 4.78 is 9.73. The highest BCUT2D eigenvalue weighted by molar-refractivity contribution is 7.53. The molecular weight excluding hydrogens is 119 g/mol. The highest BCUT2D eigenvalue weighted by Crippen LogP contribution is 2.31. The molecule has 0 atom stereocenters. The lowest BCUT2D eigenvalue weighted by Gasteiger charge is -1.92. The normalized spacial score (nSPS) is 12.3. The van der Waals surface area contributed by atoms with Crippen LogP contribution in [0, 0.1) is 0 Å². The fraction of sp³-hybridized carbons (Fsp3) is 1.00. The molecule has 0 spiro atoms. The second-order valence-corrected chi connectivity index (χ2v) is 4.84. The Labute approximate surface area is 39.0 Å².